The normalized spacial score (nSPS) is 11.0. The molecule has 0 aromatic heterocycles. The zero-order chi connectivity index (χ0) is 17.7. The summed E-state index contributed by atoms with van der Waals surface area (Å²) in [5, 5.41) is 2.53. The van der Waals surface area contributed by atoms with Crippen LogP contribution >= 0.6 is 0 Å². The van der Waals surface area contributed by atoms with Gasteiger partial charge in [-0.3, -0.25) is 4.79 Å². The molecule has 126 valence electrons. The van der Waals surface area contributed by atoms with E-state index in [-0.39, 0.29) is 23.6 Å². The van der Waals surface area contributed by atoms with E-state index in [1.807, 2.05) is 0 Å². The molecule has 0 aliphatic carbocycles. The van der Waals surface area contributed by atoms with Crippen molar-refractivity contribution in [2.45, 2.75) is 19.7 Å². The number of carbonyl (C=O) groups excluding carboxylic acids is 2. The Labute approximate surface area is 136 Å². The van der Waals surface area contributed by atoms with Crippen LogP contribution in [0.25, 0.3) is 0 Å². The van der Waals surface area contributed by atoms with Crippen molar-refractivity contribution in [2.24, 2.45) is 0 Å². The van der Waals surface area contributed by atoms with Gasteiger partial charge in [0.1, 0.15) is 6.61 Å². The number of amides is 1. The number of hydrogen-bond donors (Lipinski definition) is 1. The highest BCUT2D eigenvalue weighted by atomic mass is 19.4. The standard InChI is InChI=1S/C17H14F3NO3/c1-11(22)21-15-7-3-5-13(9-15)16(23)24-10-12-4-2-6-14(8-12)17(18,19)20/h2-9H,10H2,1H3,(H,21,22). The van der Waals surface area contributed by atoms with Crippen LogP contribution in [-0.2, 0) is 22.3 Å². The number of carbonyl (C=O) groups is 2. The number of nitrogens with one attached hydrogen (secondary N) is 1. The monoisotopic (exact) mass is 337 g/mol. The highest BCUT2D eigenvalue weighted by Gasteiger charge is 2.30. The average Bonchev–Trinajstić information content (AvgIpc) is 2.51. The first-order chi connectivity index (χ1) is 11.3. The molecule has 2 rings (SSSR count). The highest BCUT2D eigenvalue weighted by Crippen LogP contribution is 2.29. The lowest BCUT2D eigenvalue weighted by Crippen LogP contribution is -2.09. The number of hydrogen-bond acceptors (Lipinski definition) is 3. The van der Waals surface area contributed by atoms with E-state index >= 15 is 0 Å². The van der Waals surface area contributed by atoms with E-state index in [4.69, 9.17) is 4.74 Å². The summed E-state index contributed by atoms with van der Waals surface area (Å²) in [6.07, 6.45) is -4.45. The Kier molecular flexibility index (Phi) is 5.23. The molecule has 0 unspecified atom stereocenters. The third kappa shape index (κ3) is 4.84. The van der Waals surface area contributed by atoms with Crippen LogP contribution in [0, 0.1) is 0 Å². The molecule has 1 N–H and O–H groups in total. The fourth-order valence-electron chi connectivity index (χ4n) is 2.00. The van der Waals surface area contributed by atoms with Crippen molar-refractivity contribution in [3.8, 4) is 0 Å². The van der Waals surface area contributed by atoms with E-state index in [0.717, 1.165) is 12.1 Å². The van der Waals surface area contributed by atoms with Gasteiger partial charge in [0, 0.05) is 12.6 Å². The molecule has 0 aliphatic rings. The van der Waals surface area contributed by atoms with Gasteiger partial charge in [-0.1, -0.05) is 18.2 Å². The SMILES string of the molecule is CC(=O)Nc1cccc(C(=O)OCc2cccc(C(F)(F)F)c2)c1. The zero-order valence-electron chi connectivity index (χ0n) is 12.7. The second-order valence-corrected chi connectivity index (χ2v) is 5.04. The van der Waals surface area contributed by atoms with Crippen molar-refractivity contribution in [1.82, 2.24) is 0 Å². The van der Waals surface area contributed by atoms with E-state index in [0.29, 0.717) is 5.69 Å². The van der Waals surface area contributed by atoms with E-state index < -0.39 is 17.7 Å². The first-order valence-electron chi connectivity index (χ1n) is 6.96. The number of benzene rings is 2. The molecule has 0 spiro atoms. The van der Waals surface area contributed by atoms with Gasteiger partial charge in [-0.15, -0.1) is 0 Å². The summed E-state index contributed by atoms with van der Waals surface area (Å²) in [7, 11) is 0. The minimum absolute atomic E-state index is 0.188. The van der Waals surface area contributed by atoms with Crippen LogP contribution in [0.4, 0.5) is 18.9 Å². The molecule has 0 atom stereocenters. The molecule has 0 aliphatic heterocycles. The van der Waals surface area contributed by atoms with Crippen molar-refractivity contribution in [3.63, 3.8) is 0 Å². The third-order valence-corrected chi connectivity index (χ3v) is 3.04. The van der Waals surface area contributed by atoms with Crippen molar-refractivity contribution in [2.75, 3.05) is 5.32 Å². The minimum atomic E-state index is -4.45. The summed E-state index contributed by atoms with van der Waals surface area (Å²) in [6, 6.07) is 10.6. The maximum Gasteiger partial charge on any atom is 0.416 e. The molecule has 0 heterocycles. The molecular weight excluding hydrogens is 323 g/mol. The smallest absolute Gasteiger partial charge is 0.416 e. The van der Waals surface area contributed by atoms with Gasteiger partial charge in [0.15, 0.2) is 0 Å². The first-order valence-corrected chi connectivity index (χ1v) is 6.96. The quantitative estimate of drug-likeness (QED) is 0.857. The Hall–Kier alpha value is -2.83. The molecule has 0 saturated carbocycles. The van der Waals surface area contributed by atoms with Crippen molar-refractivity contribution in [3.05, 3.63) is 65.2 Å². The van der Waals surface area contributed by atoms with Gasteiger partial charge in [0.05, 0.1) is 11.1 Å². The summed E-state index contributed by atoms with van der Waals surface area (Å²) in [6.45, 7) is 1.05. The molecule has 0 radical (unpaired) electrons. The Bertz CT molecular complexity index is 757. The maximum atomic E-state index is 12.6. The van der Waals surface area contributed by atoms with Crippen LogP contribution in [0.5, 0.6) is 0 Å². The van der Waals surface area contributed by atoms with Crippen LogP contribution < -0.4 is 5.32 Å². The molecule has 7 heteroatoms. The van der Waals surface area contributed by atoms with Crippen molar-refractivity contribution >= 4 is 17.6 Å². The fourth-order valence-corrected chi connectivity index (χ4v) is 2.00. The summed E-state index contributed by atoms with van der Waals surface area (Å²) in [5.74, 6) is -0.982. The van der Waals surface area contributed by atoms with Gasteiger partial charge in [0.2, 0.25) is 5.91 Å². The molecule has 2 aromatic carbocycles. The topological polar surface area (TPSA) is 55.4 Å². The number of alkyl halides is 3. The van der Waals surface area contributed by atoms with E-state index in [9.17, 15) is 22.8 Å². The van der Waals surface area contributed by atoms with Crippen LogP contribution in [0.1, 0.15) is 28.4 Å². The van der Waals surface area contributed by atoms with Gasteiger partial charge in [-0.25, -0.2) is 4.79 Å². The summed E-state index contributed by atoms with van der Waals surface area (Å²) < 4.78 is 42.9. The fraction of sp³-hybridized carbons (Fsp3) is 0.176. The van der Waals surface area contributed by atoms with Crippen LogP contribution in [0.3, 0.4) is 0 Å². The maximum absolute atomic E-state index is 12.6. The molecule has 1 amide bonds. The predicted octanol–water partition coefficient (Wildman–Crippen LogP) is 4.02. The summed E-state index contributed by atoms with van der Waals surface area (Å²) in [4.78, 5) is 23.0. The van der Waals surface area contributed by atoms with E-state index in [1.165, 1.54) is 31.2 Å². The second kappa shape index (κ2) is 7.16. The number of esters is 1. The van der Waals surface area contributed by atoms with Crippen LogP contribution in [0.15, 0.2) is 48.5 Å². The predicted molar refractivity (Wildman–Crippen MR) is 81.3 cm³/mol. The molecule has 0 saturated heterocycles. The van der Waals surface area contributed by atoms with Gasteiger partial charge >= 0.3 is 12.1 Å². The lowest BCUT2D eigenvalue weighted by molar-refractivity contribution is -0.137. The molecule has 0 fully saturated rings. The number of anilines is 1. The average molecular weight is 337 g/mol. The Morgan fingerprint density at radius 1 is 1.08 bits per heavy atom. The summed E-state index contributed by atoms with van der Waals surface area (Å²) in [5.41, 5.74) is 0.0455. The second-order valence-electron chi connectivity index (χ2n) is 5.04. The molecule has 4 nitrogen and oxygen atoms in total. The Balaban J connectivity index is 2.04. The van der Waals surface area contributed by atoms with Crippen LogP contribution in [-0.4, -0.2) is 11.9 Å². The lowest BCUT2D eigenvalue weighted by atomic mass is 10.1. The van der Waals surface area contributed by atoms with Gasteiger partial charge in [-0.05, 0) is 35.9 Å². The largest absolute Gasteiger partial charge is 0.457 e. The molecular formula is C17H14F3NO3. The molecule has 24 heavy (non-hydrogen) atoms. The van der Waals surface area contributed by atoms with Gasteiger partial charge in [-0.2, -0.15) is 13.2 Å². The summed E-state index contributed by atoms with van der Waals surface area (Å²) >= 11 is 0. The Morgan fingerprint density at radius 3 is 2.46 bits per heavy atom. The van der Waals surface area contributed by atoms with E-state index in [2.05, 4.69) is 5.32 Å². The minimum Gasteiger partial charge on any atom is -0.457 e. The number of halogens is 3. The molecule has 2 aromatic rings. The molecule has 0 bridgehead atoms. The number of rotatable bonds is 4. The van der Waals surface area contributed by atoms with Crippen LogP contribution in [0.2, 0.25) is 0 Å². The van der Waals surface area contributed by atoms with E-state index in [1.54, 1.807) is 12.1 Å². The van der Waals surface area contributed by atoms with Gasteiger partial charge in [0.25, 0.3) is 0 Å². The van der Waals surface area contributed by atoms with Crippen molar-refractivity contribution in [1.29, 1.82) is 0 Å². The van der Waals surface area contributed by atoms with Gasteiger partial charge < -0.3 is 10.1 Å². The highest BCUT2D eigenvalue weighted by molar-refractivity contribution is 5.93. The van der Waals surface area contributed by atoms with Crippen molar-refractivity contribution < 1.29 is 27.5 Å². The Morgan fingerprint density at radius 2 is 1.79 bits per heavy atom. The first kappa shape index (κ1) is 17.5. The lowest BCUT2D eigenvalue weighted by Gasteiger charge is -2.10. The zero-order valence-corrected chi connectivity index (χ0v) is 12.7. The third-order valence-electron chi connectivity index (χ3n) is 3.04. The number of ether oxygens (including phenoxy) is 1.